The molecule has 0 saturated carbocycles. The molecule has 0 fully saturated rings. The first kappa shape index (κ1) is 20.0. The number of thiol groups is 1. The molecule has 1 aromatic carbocycles. The predicted molar refractivity (Wildman–Crippen MR) is 97.4 cm³/mol. The van der Waals surface area contributed by atoms with E-state index in [0.717, 1.165) is 12.8 Å². The minimum absolute atomic E-state index is 0.0741. The maximum atomic E-state index is 13.8. The number of unbranched alkanes of at least 4 members (excludes halogenated alkanes) is 7. The second-order valence-electron chi connectivity index (χ2n) is 6.00. The third-order valence-corrected chi connectivity index (χ3v) is 4.16. The lowest BCUT2D eigenvalue weighted by atomic mass is 10.1. The zero-order chi connectivity index (χ0) is 16.9. The van der Waals surface area contributed by atoms with E-state index in [9.17, 15) is 9.18 Å². The Hall–Kier alpha value is -1.03. The first-order chi connectivity index (χ1) is 11.1. The molecule has 0 amide bonds. The number of hydrogen-bond acceptors (Lipinski definition) is 2. The summed E-state index contributed by atoms with van der Waals surface area (Å²) in [5, 5.41) is -0.283. The highest BCUT2D eigenvalue weighted by Gasteiger charge is 2.08. The maximum Gasteiger partial charge on any atom is 0.216 e. The Morgan fingerprint density at radius 2 is 1.61 bits per heavy atom. The van der Waals surface area contributed by atoms with Crippen molar-refractivity contribution in [3.63, 3.8) is 0 Å². The van der Waals surface area contributed by atoms with E-state index in [1.807, 2.05) is 0 Å². The van der Waals surface area contributed by atoms with Gasteiger partial charge in [-0.1, -0.05) is 58.3 Å². The van der Waals surface area contributed by atoms with Crippen LogP contribution in [0.25, 0.3) is 0 Å². The standard InChI is InChI=1S/C19H29FO2S/c1-2-3-4-5-6-7-8-9-10-17(20)15-22-18-13-11-16(12-14-18)19(21)23/h11-14,17H,2-10,15H2,1H3,(H,21,23). The van der Waals surface area contributed by atoms with Crippen LogP contribution in [-0.4, -0.2) is 17.9 Å². The second kappa shape index (κ2) is 12.4. The highest BCUT2D eigenvalue weighted by atomic mass is 32.1. The lowest BCUT2D eigenvalue weighted by Crippen LogP contribution is -2.12. The largest absolute Gasteiger partial charge is 0.491 e. The molecule has 0 saturated heterocycles. The number of alkyl halides is 1. The molecule has 0 heterocycles. The van der Waals surface area contributed by atoms with Crippen LogP contribution in [0, 0.1) is 0 Å². The molecular formula is C19H29FO2S. The van der Waals surface area contributed by atoms with E-state index < -0.39 is 6.17 Å². The fraction of sp³-hybridized carbons (Fsp3) is 0.632. The smallest absolute Gasteiger partial charge is 0.216 e. The number of hydrogen-bond donors (Lipinski definition) is 1. The third kappa shape index (κ3) is 9.65. The van der Waals surface area contributed by atoms with Crippen molar-refractivity contribution >= 4 is 17.7 Å². The van der Waals surface area contributed by atoms with Crippen LogP contribution in [0.5, 0.6) is 5.75 Å². The topological polar surface area (TPSA) is 26.3 Å². The molecule has 0 aliphatic carbocycles. The van der Waals surface area contributed by atoms with Gasteiger partial charge in [-0.25, -0.2) is 4.39 Å². The molecule has 1 rings (SSSR count). The SMILES string of the molecule is CCCCCCCCCCC(F)COc1ccc(C(=O)S)cc1. The Balaban J connectivity index is 2.05. The van der Waals surface area contributed by atoms with Gasteiger partial charge in [0.15, 0.2) is 0 Å². The Kier molecular flexibility index (Phi) is 10.8. The average Bonchev–Trinajstić information content (AvgIpc) is 2.55. The highest BCUT2D eigenvalue weighted by Crippen LogP contribution is 2.16. The van der Waals surface area contributed by atoms with Gasteiger partial charge in [0.1, 0.15) is 18.5 Å². The first-order valence-corrected chi connectivity index (χ1v) is 9.18. The number of rotatable bonds is 13. The van der Waals surface area contributed by atoms with Crippen LogP contribution in [0.4, 0.5) is 4.39 Å². The van der Waals surface area contributed by atoms with Crippen LogP contribution in [0.15, 0.2) is 24.3 Å². The number of benzene rings is 1. The minimum atomic E-state index is -0.929. The monoisotopic (exact) mass is 340 g/mol. The van der Waals surface area contributed by atoms with Gasteiger partial charge in [0.05, 0.1) is 0 Å². The van der Waals surface area contributed by atoms with E-state index in [0.29, 0.717) is 17.7 Å². The Morgan fingerprint density at radius 1 is 1.04 bits per heavy atom. The van der Waals surface area contributed by atoms with Gasteiger partial charge in [0.25, 0.3) is 0 Å². The van der Waals surface area contributed by atoms with Crippen molar-refractivity contribution in [1.29, 1.82) is 0 Å². The molecular weight excluding hydrogens is 311 g/mol. The summed E-state index contributed by atoms with van der Waals surface area (Å²) in [6, 6.07) is 6.62. The molecule has 0 aromatic heterocycles. The van der Waals surface area contributed by atoms with Crippen molar-refractivity contribution in [3.05, 3.63) is 29.8 Å². The van der Waals surface area contributed by atoms with Crippen molar-refractivity contribution in [2.75, 3.05) is 6.61 Å². The quantitative estimate of drug-likeness (QED) is 0.352. The molecule has 0 N–H and O–H groups in total. The van der Waals surface area contributed by atoms with Gasteiger partial charge in [0.2, 0.25) is 5.12 Å². The first-order valence-electron chi connectivity index (χ1n) is 8.73. The molecule has 0 aliphatic heterocycles. The van der Waals surface area contributed by atoms with E-state index in [-0.39, 0.29) is 11.7 Å². The fourth-order valence-electron chi connectivity index (χ4n) is 2.46. The minimum Gasteiger partial charge on any atom is -0.491 e. The van der Waals surface area contributed by atoms with E-state index in [2.05, 4.69) is 19.6 Å². The van der Waals surface area contributed by atoms with Gasteiger partial charge in [-0.3, -0.25) is 4.79 Å². The molecule has 130 valence electrons. The van der Waals surface area contributed by atoms with Crippen molar-refractivity contribution in [2.45, 2.75) is 70.9 Å². The van der Waals surface area contributed by atoms with Crippen molar-refractivity contribution in [2.24, 2.45) is 0 Å². The lowest BCUT2D eigenvalue weighted by Gasteiger charge is -2.10. The zero-order valence-electron chi connectivity index (χ0n) is 14.1. The molecule has 4 heteroatoms. The average molecular weight is 341 g/mol. The van der Waals surface area contributed by atoms with Gasteiger partial charge in [-0.05, 0) is 30.7 Å². The van der Waals surface area contributed by atoms with Gasteiger partial charge in [-0.2, -0.15) is 0 Å². The number of halogens is 1. The van der Waals surface area contributed by atoms with E-state index >= 15 is 0 Å². The summed E-state index contributed by atoms with van der Waals surface area (Å²) in [6.45, 7) is 2.29. The fourth-order valence-corrected chi connectivity index (χ4v) is 2.61. The summed E-state index contributed by atoms with van der Waals surface area (Å²) in [7, 11) is 0. The normalized spacial score (nSPS) is 12.1. The Bertz CT molecular complexity index is 434. The van der Waals surface area contributed by atoms with Crippen LogP contribution in [0.3, 0.4) is 0 Å². The second-order valence-corrected chi connectivity index (χ2v) is 6.41. The molecule has 2 nitrogen and oxygen atoms in total. The molecule has 1 aromatic rings. The van der Waals surface area contributed by atoms with E-state index in [1.54, 1.807) is 24.3 Å². The molecule has 1 atom stereocenters. The van der Waals surface area contributed by atoms with E-state index in [1.165, 1.54) is 38.5 Å². The number of carbonyl (C=O) groups is 1. The maximum absolute atomic E-state index is 13.8. The molecule has 0 spiro atoms. The molecule has 23 heavy (non-hydrogen) atoms. The Labute approximate surface area is 145 Å². The van der Waals surface area contributed by atoms with Crippen LogP contribution in [-0.2, 0) is 0 Å². The van der Waals surface area contributed by atoms with Gasteiger partial charge in [0, 0.05) is 5.56 Å². The molecule has 0 aliphatic rings. The summed E-state index contributed by atoms with van der Waals surface area (Å²) >= 11 is 3.75. The molecule has 0 radical (unpaired) electrons. The van der Waals surface area contributed by atoms with Crippen LogP contribution in [0.2, 0.25) is 0 Å². The van der Waals surface area contributed by atoms with Gasteiger partial charge < -0.3 is 4.74 Å². The predicted octanol–water partition coefficient (Wildman–Crippen LogP) is 6.00. The van der Waals surface area contributed by atoms with Crippen molar-refractivity contribution in [1.82, 2.24) is 0 Å². The summed E-state index contributed by atoms with van der Waals surface area (Å²) in [5.41, 5.74) is 0.511. The van der Waals surface area contributed by atoms with Crippen molar-refractivity contribution < 1.29 is 13.9 Å². The zero-order valence-corrected chi connectivity index (χ0v) is 15.0. The number of ether oxygens (including phenoxy) is 1. The van der Waals surface area contributed by atoms with E-state index in [4.69, 9.17) is 4.74 Å². The molecule has 0 bridgehead atoms. The van der Waals surface area contributed by atoms with Crippen LogP contribution >= 0.6 is 12.6 Å². The van der Waals surface area contributed by atoms with Gasteiger partial charge >= 0.3 is 0 Å². The summed E-state index contributed by atoms with van der Waals surface area (Å²) < 4.78 is 19.2. The molecule has 1 unspecified atom stereocenters. The summed E-state index contributed by atoms with van der Waals surface area (Å²) in [6.07, 6.45) is 9.36. The summed E-state index contributed by atoms with van der Waals surface area (Å²) in [5.74, 6) is 0.585. The van der Waals surface area contributed by atoms with Gasteiger partial charge in [-0.15, -0.1) is 12.6 Å². The lowest BCUT2D eigenvalue weighted by molar-refractivity contribution is 0.109. The number of carbonyl (C=O) groups excluding carboxylic acids is 1. The Morgan fingerprint density at radius 3 is 2.17 bits per heavy atom. The third-order valence-electron chi connectivity index (χ3n) is 3.90. The van der Waals surface area contributed by atoms with Crippen LogP contribution in [0.1, 0.15) is 75.1 Å². The van der Waals surface area contributed by atoms with Crippen LogP contribution < -0.4 is 4.74 Å². The highest BCUT2D eigenvalue weighted by molar-refractivity contribution is 7.97. The summed E-state index contributed by atoms with van der Waals surface area (Å²) in [4.78, 5) is 11.0. The van der Waals surface area contributed by atoms with Crippen molar-refractivity contribution in [3.8, 4) is 5.75 Å².